The molecule has 1 aromatic carbocycles. The van der Waals surface area contributed by atoms with Crippen LogP contribution in [0.3, 0.4) is 0 Å². The third-order valence-corrected chi connectivity index (χ3v) is 3.39. The van der Waals surface area contributed by atoms with Crippen molar-refractivity contribution in [3.8, 4) is 0 Å². The Morgan fingerprint density at radius 1 is 1.30 bits per heavy atom. The van der Waals surface area contributed by atoms with Gasteiger partial charge in [0.25, 0.3) is 0 Å². The lowest BCUT2D eigenvalue weighted by molar-refractivity contribution is -0.138. The van der Waals surface area contributed by atoms with Crippen molar-refractivity contribution in [2.24, 2.45) is 0 Å². The van der Waals surface area contributed by atoms with Gasteiger partial charge in [-0.05, 0) is 17.7 Å². The number of aliphatic hydroxyl groups is 1. The highest BCUT2D eigenvalue weighted by Gasteiger charge is 2.34. The van der Waals surface area contributed by atoms with Crippen LogP contribution >= 0.6 is 0 Å². The first-order valence-electron chi connectivity index (χ1n) is 6.13. The number of anilines is 1. The van der Waals surface area contributed by atoms with Gasteiger partial charge in [-0.25, -0.2) is 0 Å². The number of carbonyl (C=O) groups excluding carboxylic acids is 1. The molecule has 110 valence electrons. The number of halogens is 3. The first-order valence-corrected chi connectivity index (χ1v) is 6.13. The molecule has 0 spiro atoms. The molecule has 0 saturated carbocycles. The molecule has 1 heterocycles. The van der Waals surface area contributed by atoms with Gasteiger partial charge in [0.05, 0.1) is 18.7 Å². The Morgan fingerprint density at radius 3 is 2.55 bits per heavy atom. The SMILES string of the molecule is CN1CCN(c2ccc(CO)c(C(F)(F)F)c2)CC1=O. The van der Waals surface area contributed by atoms with Crippen molar-refractivity contribution in [3.63, 3.8) is 0 Å². The van der Waals surface area contributed by atoms with Gasteiger partial charge in [0.15, 0.2) is 0 Å². The molecule has 7 heteroatoms. The zero-order valence-electron chi connectivity index (χ0n) is 10.9. The van der Waals surface area contributed by atoms with Crippen LogP contribution in [0, 0.1) is 0 Å². The van der Waals surface area contributed by atoms with E-state index in [9.17, 15) is 18.0 Å². The monoisotopic (exact) mass is 288 g/mol. The normalized spacial score (nSPS) is 16.8. The molecule has 1 saturated heterocycles. The van der Waals surface area contributed by atoms with Crippen LogP contribution < -0.4 is 4.90 Å². The number of carbonyl (C=O) groups is 1. The molecule has 1 aromatic rings. The van der Waals surface area contributed by atoms with E-state index in [0.29, 0.717) is 18.8 Å². The molecule has 1 fully saturated rings. The van der Waals surface area contributed by atoms with E-state index in [1.165, 1.54) is 12.1 Å². The summed E-state index contributed by atoms with van der Waals surface area (Å²) in [5.74, 6) is -0.129. The van der Waals surface area contributed by atoms with Crippen molar-refractivity contribution in [2.45, 2.75) is 12.8 Å². The van der Waals surface area contributed by atoms with Gasteiger partial charge in [-0.1, -0.05) is 6.07 Å². The summed E-state index contributed by atoms with van der Waals surface area (Å²) in [6, 6.07) is 3.74. The van der Waals surface area contributed by atoms with Crippen LogP contribution in [0.2, 0.25) is 0 Å². The third-order valence-electron chi connectivity index (χ3n) is 3.39. The Labute approximate surface area is 114 Å². The summed E-state index contributed by atoms with van der Waals surface area (Å²) in [7, 11) is 1.66. The fourth-order valence-corrected chi connectivity index (χ4v) is 2.14. The van der Waals surface area contributed by atoms with Gasteiger partial charge < -0.3 is 14.9 Å². The van der Waals surface area contributed by atoms with Crippen molar-refractivity contribution in [3.05, 3.63) is 29.3 Å². The summed E-state index contributed by atoms with van der Waals surface area (Å²) in [6.07, 6.45) is -4.52. The molecule has 0 atom stereocenters. The van der Waals surface area contributed by atoms with E-state index in [-0.39, 0.29) is 18.0 Å². The molecule has 1 amide bonds. The number of aliphatic hydroxyl groups excluding tert-OH is 1. The molecule has 0 bridgehead atoms. The van der Waals surface area contributed by atoms with Gasteiger partial charge in [0, 0.05) is 25.8 Å². The number of rotatable bonds is 2. The van der Waals surface area contributed by atoms with E-state index in [4.69, 9.17) is 5.11 Å². The van der Waals surface area contributed by atoms with E-state index in [0.717, 1.165) is 6.07 Å². The Bertz CT molecular complexity index is 517. The van der Waals surface area contributed by atoms with Crippen molar-refractivity contribution in [1.29, 1.82) is 0 Å². The smallest absolute Gasteiger partial charge is 0.392 e. The van der Waals surface area contributed by atoms with Crippen molar-refractivity contribution in [1.82, 2.24) is 4.90 Å². The summed E-state index contributed by atoms with van der Waals surface area (Å²) in [5.41, 5.74) is -0.679. The van der Waals surface area contributed by atoms with Crippen molar-refractivity contribution < 1.29 is 23.1 Å². The predicted molar refractivity (Wildman–Crippen MR) is 67.2 cm³/mol. The Hall–Kier alpha value is -1.76. The lowest BCUT2D eigenvalue weighted by atomic mass is 10.1. The Balaban J connectivity index is 2.32. The minimum atomic E-state index is -4.52. The summed E-state index contributed by atoms with van der Waals surface area (Å²) >= 11 is 0. The molecule has 1 N–H and O–H groups in total. The van der Waals surface area contributed by atoms with Crippen LogP contribution in [0.4, 0.5) is 18.9 Å². The molecule has 0 aliphatic carbocycles. The zero-order valence-corrected chi connectivity index (χ0v) is 10.9. The van der Waals surface area contributed by atoms with E-state index < -0.39 is 18.3 Å². The summed E-state index contributed by atoms with van der Waals surface area (Å²) in [5, 5.41) is 8.99. The number of nitrogens with zero attached hydrogens (tertiary/aromatic N) is 2. The summed E-state index contributed by atoms with van der Waals surface area (Å²) < 4.78 is 38.7. The lowest BCUT2D eigenvalue weighted by Gasteiger charge is -2.34. The molecule has 1 aliphatic heterocycles. The standard InChI is InChI=1S/C13H15F3N2O2/c1-17-4-5-18(7-12(17)20)10-3-2-9(8-19)11(6-10)13(14,15)16/h2-3,6,19H,4-5,7-8H2,1H3. The first-order chi connectivity index (χ1) is 9.32. The molecular weight excluding hydrogens is 273 g/mol. The maximum Gasteiger partial charge on any atom is 0.416 e. The maximum atomic E-state index is 12.9. The van der Waals surface area contributed by atoms with Gasteiger partial charge >= 0.3 is 6.18 Å². The molecule has 20 heavy (non-hydrogen) atoms. The number of hydrogen-bond donors (Lipinski definition) is 1. The first kappa shape index (κ1) is 14.6. The largest absolute Gasteiger partial charge is 0.416 e. The molecule has 4 nitrogen and oxygen atoms in total. The topological polar surface area (TPSA) is 43.8 Å². The fourth-order valence-electron chi connectivity index (χ4n) is 2.14. The second kappa shape index (κ2) is 5.32. The predicted octanol–water partition coefficient (Wildman–Crippen LogP) is 1.48. The van der Waals surface area contributed by atoms with Crippen LogP contribution in [-0.4, -0.2) is 42.6 Å². The molecular formula is C13H15F3N2O2. The number of piperazine rings is 1. The summed E-state index contributed by atoms with van der Waals surface area (Å²) in [4.78, 5) is 14.8. The number of hydrogen-bond acceptors (Lipinski definition) is 3. The molecule has 0 radical (unpaired) electrons. The van der Waals surface area contributed by atoms with Gasteiger partial charge in [-0.3, -0.25) is 4.79 Å². The Morgan fingerprint density at radius 2 is 2.00 bits per heavy atom. The van der Waals surface area contributed by atoms with Crippen LogP contribution in [0.1, 0.15) is 11.1 Å². The zero-order chi connectivity index (χ0) is 14.9. The van der Waals surface area contributed by atoms with E-state index in [1.54, 1.807) is 16.8 Å². The molecule has 1 aliphatic rings. The minimum absolute atomic E-state index is 0.0618. The highest BCUT2D eigenvalue weighted by atomic mass is 19.4. The average Bonchev–Trinajstić information content (AvgIpc) is 2.40. The quantitative estimate of drug-likeness (QED) is 0.896. The number of likely N-dealkylation sites (N-methyl/N-ethyl adjacent to an activating group) is 1. The number of benzene rings is 1. The van der Waals surface area contributed by atoms with Crippen LogP contribution in [-0.2, 0) is 17.6 Å². The Kier molecular flexibility index (Phi) is 3.89. The fraction of sp³-hybridized carbons (Fsp3) is 0.462. The maximum absolute atomic E-state index is 12.9. The highest BCUT2D eigenvalue weighted by Crippen LogP contribution is 2.34. The second-order valence-electron chi connectivity index (χ2n) is 4.73. The van der Waals surface area contributed by atoms with Gasteiger partial charge in [-0.2, -0.15) is 13.2 Å². The van der Waals surface area contributed by atoms with E-state index >= 15 is 0 Å². The highest BCUT2D eigenvalue weighted by molar-refractivity contribution is 5.82. The molecule has 0 aromatic heterocycles. The number of amides is 1. The average molecular weight is 288 g/mol. The van der Waals surface area contributed by atoms with Crippen molar-refractivity contribution in [2.75, 3.05) is 31.6 Å². The third kappa shape index (κ3) is 2.87. The van der Waals surface area contributed by atoms with Crippen molar-refractivity contribution >= 4 is 11.6 Å². The van der Waals surface area contributed by atoms with Crippen LogP contribution in [0.5, 0.6) is 0 Å². The van der Waals surface area contributed by atoms with Crippen LogP contribution in [0.25, 0.3) is 0 Å². The van der Waals surface area contributed by atoms with Gasteiger partial charge in [0.1, 0.15) is 0 Å². The van der Waals surface area contributed by atoms with Gasteiger partial charge in [0.2, 0.25) is 5.91 Å². The molecule has 2 rings (SSSR count). The second-order valence-corrected chi connectivity index (χ2v) is 4.73. The van der Waals surface area contributed by atoms with E-state index in [1.807, 2.05) is 0 Å². The lowest BCUT2D eigenvalue weighted by Crippen LogP contribution is -2.48. The summed E-state index contributed by atoms with van der Waals surface area (Å²) in [6.45, 7) is 0.350. The minimum Gasteiger partial charge on any atom is -0.392 e. The van der Waals surface area contributed by atoms with Crippen LogP contribution in [0.15, 0.2) is 18.2 Å². The molecule has 0 unspecified atom stereocenters. The number of alkyl halides is 3. The van der Waals surface area contributed by atoms with Gasteiger partial charge in [-0.15, -0.1) is 0 Å². The van der Waals surface area contributed by atoms with E-state index in [2.05, 4.69) is 0 Å².